The van der Waals surface area contributed by atoms with Crippen LogP contribution in [-0.2, 0) is 17.6 Å². The van der Waals surface area contributed by atoms with Gasteiger partial charge >= 0.3 is 5.97 Å². The van der Waals surface area contributed by atoms with Gasteiger partial charge in [-0.25, -0.2) is 0 Å². The molecule has 0 saturated carbocycles. The summed E-state index contributed by atoms with van der Waals surface area (Å²) < 4.78 is 5.20. The minimum absolute atomic E-state index is 0.292. The number of carbonyl (C=O) groups is 1. The topological polar surface area (TPSA) is 46.5 Å². The second-order valence-electron chi connectivity index (χ2n) is 7.38. The van der Waals surface area contributed by atoms with Gasteiger partial charge in [0.1, 0.15) is 5.75 Å². The molecule has 0 aliphatic heterocycles. The van der Waals surface area contributed by atoms with Gasteiger partial charge in [0.2, 0.25) is 0 Å². The fourth-order valence-electron chi connectivity index (χ4n) is 3.58. The summed E-state index contributed by atoms with van der Waals surface area (Å²) in [5, 5.41) is 9.57. The summed E-state index contributed by atoms with van der Waals surface area (Å²) in [6.07, 6.45) is 4.00. The lowest BCUT2D eigenvalue weighted by molar-refractivity contribution is -0.142. The zero-order chi connectivity index (χ0) is 24.5. The Kier molecular flexibility index (Phi) is 14.0. The van der Waals surface area contributed by atoms with E-state index in [9.17, 15) is 9.90 Å². The predicted octanol–water partition coefficient (Wildman–Crippen LogP) is 8.07. The van der Waals surface area contributed by atoms with E-state index < -0.39 is 5.97 Å². The molecule has 0 bridgehead atoms. The van der Waals surface area contributed by atoms with Crippen molar-refractivity contribution in [2.45, 2.75) is 59.8 Å². The van der Waals surface area contributed by atoms with E-state index in [4.69, 9.17) is 4.74 Å². The van der Waals surface area contributed by atoms with Crippen LogP contribution in [0.3, 0.4) is 0 Å². The quantitative estimate of drug-likeness (QED) is 0.341. The Bertz CT molecular complexity index is 884. The summed E-state index contributed by atoms with van der Waals surface area (Å²) in [4.78, 5) is 11.6. The molecule has 0 fully saturated rings. The third-order valence-electron chi connectivity index (χ3n) is 5.37. The summed E-state index contributed by atoms with van der Waals surface area (Å²) in [6.45, 7) is 8.00. The normalized spacial score (nSPS) is 10.7. The Labute approximate surface area is 200 Å². The molecule has 0 spiro atoms. The van der Waals surface area contributed by atoms with Gasteiger partial charge in [-0.05, 0) is 66.5 Å². The Balaban J connectivity index is 0.00000129. The van der Waals surface area contributed by atoms with Gasteiger partial charge in [0.25, 0.3) is 0 Å². The number of hydrogen-bond acceptors (Lipinski definition) is 2. The lowest BCUT2D eigenvalue weighted by Crippen LogP contribution is -2.15. The minimum atomic E-state index is -0.687. The van der Waals surface area contributed by atoms with Crippen LogP contribution in [0.2, 0.25) is 0 Å². The van der Waals surface area contributed by atoms with Crippen LogP contribution in [0.15, 0.2) is 78.9 Å². The second-order valence-corrected chi connectivity index (χ2v) is 7.38. The number of methoxy groups -OCH3 is 1. The van der Waals surface area contributed by atoms with Crippen molar-refractivity contribution >= 4 is 5.97 Å². The van der Waals surface area contributed by atoms with Crippen LogP contribution in [0.5, 0.6) is 5.75 Å². The summed E-state index contributed by atoms with van der Waals surface area (Å²) in [5.41, 5.74) is 4.73. The van der Waals surface area contributed by atoms with Crippen molar-refractivity contribution in [1.82, 2.24) is 0 Å². The molecule has 3 rings (SSSR count). The minimum Gasteiger partial charge on any atom is -0.497 e. The molecule has 33 heavy (non-hydrogen) atoms. The fourth-order valence-corrected chi connectivity index (χ4v) is 3.58. The molecule has 0 aromatic heterocycles. The molecule has 0 heterocycles. The summed E-state index contributed by atoms with van der Waals surface area (Å²) in [7, 11) is 1.66. The van der Waals surface area contributed by atoms with Crippen LogP contribution in [-0.4, -0.2) is 18.2 Å². The van der Waals surface area contributed by atoms with Crippen LogP contribution >= 0.6 is 0 Å². The lowest BCUT2D eigenvalue weighted by Gasteiger charge is -2.13. The zero-order valence-corrected chi connectivity index (χ0v) is 20.9. The molecule has 0 amide bonds. The fraction of sp³-hybridized carbons (Fsp3) is 0.367. The average molecular weight is 449 g/mol. The summed E-state index contributed by atoms with van der Waals surface area (Å²) in [5.74, 6) is -0.134. The number of aryl methyl sites for hydroxylation is 2. The van der Waals surface area contributed by atoms with Crippen LogP contribution in [0.25, 0.3) is 11.1 Å². The molecule has 3 aromatic carbocycles. The maximum atomic E-state index is 11.6. The van der Waals surface area contributed by atoms with E-state index in [1.165, 1.54) is 11.1 Å². The second kappa shape index (κ2) is 16.5. The van der Waals surface area contributed by atoms with Crippen molar-refractivity contribution in [1.29, 1.82) is 0 Å². The first-order chi connectivity index (χ1) is 16.2. The van der Waals surface area contributed by atoms with Crippen molar-refractivity contribution < 1.29 is 14.6 Å². The van der Waals surface area contributed by atoms with Gasteiger partial charge in [0.05, 0.1) is 13.0 Å². The van der Waals surface area contributed by atoms with E-state index >= 15 is 0 Å². The number of ether oxygens (including phenoxy) is 1. The van der Waals surface area contributed by atoms with E-state index in [1.807, 2.05) is 70.2 Å². The smallest absolute Gasteiger partial charge is 0.306 e. The Morgan fingerprint density at radius 2 is 1.24 bits per heavy atom. The van der Waals surface area contributed by atoms with Crippen molar-refractivity contribution in [3.05, 3.63) is 90.0 Å². The standard InChI is InChI=1S/C26H28O3.2C2H6/c1-29-25-18-16-23(17-19-25)22-13-10-21(11-14-22)12-15-24(26(27)28)9-5-8-20-6-3-2-4-7-20;2*1-2/h2-4,6-7,10-11,13-14,16-19,24H,5,8-9,12,15H2,1H3,(H,27,28);2*1-2H3. The van der Waals surface area contributed by atoms with Crippen LogP contribution in [0, 0.1) is 5.92 Å². The summed E-state index contributed by atoms with van der Waals surface area (Å²) >= 11 is 0. The molecule has 3 nitrogen and oxygen atoms in total. The number of carboxylic acid groups (broad SMARTS) is 1. The third-order valence-corrected chi connectivity index (χ3v) is 5.37. The maximum absolute atomic E-state index is 11.6. The largest absolute Gasteiger partial charge is 0.497 e. The molecule has 0 aliphatic carbocycles. The first kappa shape index (κ1) is 28.0. The Morgan fingerprint density at radius 3 is 1.76 bits per heavy atom. The Hall–Kier alpha value is -3.07. The van der Waals surface area contributed by atoms with Gasteiger partial charge in [0.15, 0.2) is 0 Å². The lowest BCUT2D eigenvalue weighted by atomic mass is 9.93. The van der Waals surface area contributed by atoms with Gasteiger partial charge in [-0.15, -0.1) is 0 Å². The monoisotopic (exact) mass is 448 g/mol. The molecule has 1 unspecified atom stereocenters. The van der Waals surface area contributed by atoms with E-state index in [1.54, 1.807) is 7.11 Å². The molecule has 1 N–H and O–H groups in total. The van der Waals surface area contributed by atoms with E-state index in [0.29, 0.717) is 12.8 Å². The molecule has 3 aromatic rings. The molecule has 0 radical (unpaired) electrons. The molecule has 178 valence electrons. The highest BCUT2D eigenvalue weighted by Gasteiger charge is 2.17. The van der Waals surface area contributed by atoms with Crippen LogP contribution in [0.4, 0.5) is 0 Å². The van der Waals surface area contributed by atoms with Crippen LogP contribution < -0.4 is 4.74 Å². The number of carboxylic acids is 1. The highest BCUT2D eigenvalue weighted by Crippen LogP contribution is 2.24. The SMILES string of the molecule is CC.CC.COc1ccc(-c2ccc(CCC(CCCc3ccccc3)C(=O)O)cc2)cc1. The number of benzene rings is 3. The first-order valence-electron chi connectivity index (χ1n) is 12.2. The third kappa shape index (κ3) is 9.95. The molecule has 1 atom stereocenters. The van der Waals surface area contributed by atoms with E-state index in [2.05, 4.69) is 36.4 Å². The van der Waals surface area contributed by atoms with E-state index in [-0.39, 0.29) is 5.92 Å². The molecule has 3 heteroatoms. The number of aliphatic carboxylic acids is 1. The van der Waals surface area contributed by atoms with Crippen molar-refractivity contribution in [2.75, 3.05) is 7.11 Å². The number of hydrogen-bond donors (Lipinski definition) is 1. The van der Waals surface area contributed by atoms with Gasteiger partial charge in [-0.1, -0.05) is 94.4 Å². The predicted molar refractivity (Wildman–Crippen MR) is 140 cm³/mol. The highest BCUT2D eigenvalue weighted by atomic mass is 16.5. The number of rotatable bonds is 10. The molecule has 0 saturated heterocycles. The maximum Gasteiger partial charge on any atom is 0.306 e. The van der Waals surface area contributed by atoms with Gasteiger partial charge in [-0.2, -0.15) is 0 Å². The van der Waals surface area contributed by atoms with Gasteiger partial charge in [0, 0.05) is 0 Å². The van der Waals surface area contributed by atoms with Gasteiger partial charge in [-0.3, -0.25) is 4.79 Å². The summed E-state index contributed by atoms with van der Waals surface area (Å²) in [6, 6.07) is 26.6. The van der Waals surface area contributed by atoms with Crippen molar-refractivity contribution in [3.8, 4) is 16.9 Å². The first-order valence-corrected chi connectivity index (χ1v) is 12.2. The zero-order valence-electron chi connectivity index (χ0n) is 20.9. The Morgan fingerprint density at radius 1 is 0.727 bits per heavy atom. The average Bonchev–Trinajstić information content (AvgIpc) is 2.89. The molecular weight excluding hydrogens is 408 g/mol. The highest BCUT2D eigenvalue weighted by molar-refractivity contribution is 5.70. The van der Waals surface area contributed by atoms with Crippen molar-refractivity contribution in [3.63, 3.8) is 0 Å². The van der Waals surface area contributed by atoms with Crippen LogP contribution in [0.1, 0.15) is 58.1 Å². The molecule has 0 aliphatic rings. The van der Waals surface area contributed by atoms with E-state index in [0.717, 1.165) is 36.1 Å². The van der Waals surface area contributed by atoms with Crippen molar-refractivity contribution in [2.24, 2.45) is 5.92 Å². The molecular formula is C30H40O3. The van der Waals surface area contributed by atoms with Gasteiger partial charge < -0.3 is 9.84 Å².